The fourth-order valence-electron chi connectivity index (χ4n) is 2.10. The van der Waals surface area contributed by atoms with Crippen molar-refractivity contribution in [2.45, 2.75) is 12.3 Å². The maximum atomic E-state index is 11.5. The minimum Gasteiger partial charge on any atom is -0.497 e. The normalized spacial score (nSPS) is 12.0. The van der Waals surface area contributed by atoms with Crippen LogP contribution in [0, 0.1) is 0 Å². The maximum Gasteiger partial charge on any atom is 0.215 e. The van der Waals surface area contributed by atoms with Crippen molar-refractivity contribution in [3.05, 3.63) is 59.7 Å². The third-order valence-corrected chi connectivity index (χ3v) is 4.80. The molecule has 0 aromatic heterocycles. The van der Waals surface area contributed by atoms with Crippen LogP contribution in [0.2, 0.25) is 0 Å². The van der Waals surface area contributed by atoms with Crippen molar-refractivity contribution < 1.29 is 13.2 Å². The molecule has 0 amide bonds. The second-order valence-corrected chi connectivity index (χ2v) is 7.26. The van der Waals surface area contributed by atoms with Crippen LogP contribution in [-0.2, 0) is 22.3 Å². The molecule has 0 radical (unpaired) electrons. The zero-order chi connectivity index (χ0) is 18.3. The first-order chi connectivity index (χ1) is 11.9. The summed E-state index contributed by atoms with van der Waals surface area (Å²) in [4.78, 5) is 4.28. The smallest absolute Gasteiger partial charge is 0.215 e. The van der Waals surface area contributed by atoms with Gasteiger partial charge in [-0.3, -0.25) is 0 Å². The summed E-state index contributed by atoms with van der Waals surface area (Å²) in [7, 11) is -0.271. The lowest BCUT2D eigenvalue weighted by molar-refractivity contribution is 0.415. The first-order valence-corrected chi connectivity index (χ1v) is 9.27. The van der Waals surface area contributed by atoms with Crippen LogP contribution in [0.15, 0.2) is 53.5 Å². The molecule has 2 rings (SSSR count). The highest BCUT2D eigenvalue weighted by Gasteiger charge is 2.08. The molecule has 2 aromatic carbocycles. The van der Waals surface area contributed by atoms with Gasteiger partial charge in [0.25, 0.3) is 0 Å². The van der Waals surface area contributed by atoms with E-state index in [1.807, 2.05) is 36.4 Å². The van der Waals surface area contributed by atoms with Gasteiger partial charge < -0.3 is 15.8 Å². The SMILES string of the molecule is CNS(=O)(=O)Cc1ccc(CN=C(N)Nc2cccc(OC)c2)cc1. The number of ether oxygens (including phenoxy) is 1. The van der Waals surface area contributed by atoms with E-state index in [2.05, 4.69) is 15.0 Å². The minimum atomic E-state index is -3.27. The number of hydrogen-bond acceptors (Lipinski definition) is 4. The van der Waals surface area contributed by atoms with Gasteiger partial charge in [0.15, 0.2) is 5.96 Å². The highest BCUT2D eigenvalue weighted by atomic mass is 32.2. The predicted molar refractivity (Wildman–Crippen MR) is 100 cm³/mol. The number of rotatable bonds is 7. The Morgan fingerprint density at radius 1 is 1.16 bits per heavy atom. The highest BCUT2D eigenvalue weighted by molar-refractivity contribution is 7.88. The van der Waals surface area contributed by atoms with Gasteiger partial charge in [0.1, 0.15) is 5.75 Å². The molecule has 4 N–H and O–H groups in total. The monoisotopic (exact) mass is 362 g/mol. The second-order valence-electron chi connectivity index (χ2n) is 5.34. The topological polar surface area (TPSA) is 106 Å². The Balaban J connectivity index is 1.96. The van der Waals surface area contributed by atoms with Crippen LogP contribution in [0.1, 0.15) is 11.1 Å². The number of nitrogens with one attached hydrogen (secondary N) is 2. The fraction of sp³-hybridized carbons (Fsp3) is 0.235. The average Bonchev–Trinajstić information content (AvgIpc) is 2.61. The van der Waals surface area contributed by atoms with Crippen LogP contribution in [-0.4, -0.2) is 28.5 Å². The molecule has 0 bridgehead atoms. The van der Waals surface area contributed by atoms with E-state index in [9.17, 15) is 8.42 Å². The first-order valence-electron chi connectivity index (χ1n) is 7.62. The van der Waals surface area contributed by atoms with Crippen molar-refractivity contribution in [2.75, 3.05) is 19.5 Å². The van der Waals surface area contributed by atoms with Crippen LogP contribution < -0.4 is 20.5 Å². The third kappa shape index (κ3) is 6.09. The fourth-order valence-corrected chi connectivity index (χ4v) is 2.87. The molecule has 0 saturated heterocycles. The van der Waals surface area contributed by atoms with Gasteiger partial charge in [-0.25, -0.2) is 18.1 Å². The van der Waals surface area contributed by atoms with E-state index in [1.54, 1.807) is 19.2 Å². The molecule has 0 heterocycles. The van der Waals surface area contributed by atoms with E-state index in [0.717, 1.165) is 17.0 Å². The zero-order valence-corrected chi connectivity index (χ0v) is 15.0. The Morgan fingerprint density at radius 3 is 2.48 bits per heavy atom. The van der Waals surface area contributed by atoms with E-state index in [1.165, 1.54) is 7.05 Å². The molecule has 0 aliphatic carbocycles. The van der Waals surface area contributed by atoms with E-state index in [4.69, 9.17) is 10.5 Å². The summed E-state index contributed by atoms with van der Waals surface area (Å²) in [6.45, 7) is 0.391. The average molecular weight is 362 g/mol. The molecule has 0 spiro atoms. The zero-order valence-electron chi connectivity index (χ0n) is 14.2. The van der Waals surface area contributed by atoms with E-state index in [-0.39, 0.29) is 11.7 Å². The summed E-state index contributed by atoms with van der Waals surface area (Å²) in [5.41, 5.74) is 8.32. The Labute approximate surface area is 148 Å². The van der Waals surface area contributed by atoms with Gasteiger partial charge in [0, 0.05) is 11.8 Å². The van der Waals surface area contributed by atoms with Crippen molar-refractivity contribution in [1.82, 2.24) is 4.72 Å². The number of sulfonamides is 1. The number of benzene rings is 2. The number of guanidine groups is 1. The third-order valence-electron chi connectivity index (χ3n) is 3.46. The Bertz CT molecular complexity index is 833. The summed E-state index contributed by atoms with van der Waals surface area (Å²) in [6, 6.07) is 14.6. The first kappa shape index (κ1) is 18.8. The van der Waals surface area contributed by atoms with Crippen LogP contribution >= 0.6 is 0 Å². The van der Waals surface area contributed by atoms with Crippen molar-refractivity contribution in [3.63, 3.8) is 0 Å². The number of nitrogens with two attached hydrogens (primary N) is 1. The summed E-state index contributed by atoms with van der Waals surface area (Å²) in [6.07, 6.45) is 0. The van der Waals surface area contributed by atoms with Crippen LogP contribution in [0.5, 0.6) is 5.75 Å². The molecule has 25 heavy (non-hydrogen) atoms. The van der Waals surface area contributed by atoms with E-state index >= 15 is 0 Å². The van der Waals surface area contributed by atoms with Crippen LogP contribution in [0.3, 0.4) is 0 Å². The molecule has 0 unspecified atom stereocenters. The van der Waals surface area contributed by atoms with Crippen molar-refractivity contribution >= 4 is 21.7 Å². The number of hydrogen-bond donors (Lipinski definition) is 3. The Kier molecular flexibility index (Phi) is 6.37. The lowest BCUT2D eigenvalue weighted by Gasteiger charge is -2.07. The number of methoxy groups -OCH3 is 1. The number of aliphatic imine (C=N–C) groups is 1. The molecular weight excluding hydrogens is 340 g/mol. The molecule has 0 atom stereocenters. The molecular formula is C17H22N4O3S. The maximum absolute atomic E-state index is 11.5. The lowest BCUT2D eigenvalue weighted by atomic mass is 10.1. The quantitative estimate of drug-likeness (QED) is 0.513. The van der Waals surface area contributed by atoms with Crippen molar-refractivity contribution in [1.29, 1.82) is 0 Å². The van der Waals surface area contributed by atoms with Crippen LogP contribution in [0.4, 0.5) is 5.69 Å². The molecule has 0 fully saturated rings. The van der Waals surface area contributed by atoms with E-state index < -0.39 is 10.0 Å². The number of anilines is 1. The minimum absolute atomic E-state index is 0.0490. The molecule has 0 aliphatic rings. The van der Waals surface area contributed by atoms with Gasteiger partial charge in [-0.15, -0.1) is 0 Å². The largest absolute Gasteiger partial charge is 0.497 e. The van der Waals surface area contributed by atoms with Crippen LogP contribution in [0.25, 0.3) is 0 Å². The molecule has 0 aliphatic heterocycles. The predicted octanol–water partition coefficient (Wildman–Crippen LogP) is 1.67. The van der Waals surface area contributed by atoms with Gasteiger partial charge in [0.05, 0.1) is 19.4 Å². The molecule has 2 aromatic rings. The summed E-state index contributed by atoms with van der Waals surface area (Å²) >= 11 is 0. The van der Waals surface area contributed by atoms with Gasteiger partial charge in [-0.2, -0.15) is 0 Å². The summed E-state index contributed by atoms with van der Waals surface area (Å²) < 4.78 is 30.5. The standard InChI is InChI=1S/C17H22N4O3S/c1-19-25(22,23)12-14-8-6-13(7-9-14)11-20-17(18)21-15-4-3-5-16(10-15)24-2/h3-10,19H,11-12H2,1-2H3,(H3,18,20,21). The molecule has 134 valence electrons. The van der Waals surface area contributed by atoms with Crippen molar-refractivity contribution in [3.8, 4) is 5.75 Å². The second kappa shape index (κ2) is 8.50. The Morgan fingerprint density at radius 2 is 1.84 bits per heavy atom. The van der Waals surface area contributed by atoms with Gasteiger partial charge in [-0.05, 0) is 30.3 Å². The summed E-state index contributed by atoms with van der Waals surface area (Å²) in [5, 5.41) is 3.00. The van der Waals surface area contributed by atoms with Gasteiger partial charge in [0.2, 0.25) is 10.0 Å². The van der Waals surface area contributed by atoms with Gasteiger partial charge >= 0.3 is 0 Å². The molecule has 0 saturated carbocycles. The van der Waals surface area contributed by atoms with Gasteiger partial charge in [-0.1, -0.05) is 30.3 Å². The molecule has 7 nitrogen and oxygen atoms in total. The highest BCUT2D eigenvalue weighted by Crippen LogP contribution is 2.16. The Hall–Kier alpha value is -2.58. The lowest BCUT2D eigenvalue weighted by Crippen LogP contribution is -2.22. The van der Waals surface area contributed by atoms with Crippen molar-refractivity contribution in [2.24, 2.45) is 10.7 Å². The number of nitrogens with zero attached hydrogens (tertiary/aromatic N) is 1. The molecule has 8 heteroatoms. The van der Waals surface area contributed by atoms with E-state index in [0.29, 0.717) is 12.1 Å². The summed E-state index contributed by atoms with van der Waals surface area (Å²) in [5.74, 6) is 0.965.